The minimum atomic E-state index is -1.14. The number of hydrogen-bond donors (Lipinski definition) is 4. The number of unbranched alkanes of at least 4 members (excludes halogenated alkanes) is 2. The number of aliphatic carboxylic acids is 2. The maximum absolute atomic E-state index is 11.9. The highest BCUT2D eigenvalue weighted by Crippen LogP contribution is 2.03. The van der Waals surface area contributed by atoms with Crippen molar-refractivity contribution in [3.05, 3.63) is 11.8 Å². The number of nitrogens with one attached hydrogen (secondary N) is 2. The molecule has 24 heavy (non-hydrogen) atoms. The zero-order valence-corrected chi connectivity index (χ0v) is 14.4. The van der Waals surface area contributed by atoms with Crippen LogP contribution >= 0.6 is 11.8 Å². The van der Waals surface area contributed by atoms with E-state index in [4.69, 9.17) is 15.5 Å². The molecule has 0 aliphatic heterocycles. The van der Waals surface area contributed by atoms with Crippen LogP contribution in [0.15, 0.2) is 11.8 Å². The van der Waals surface area contributed by atoms with Gasteiger partial charge in [0, 0.05) is 19.2 Å². The zero-order valence-electron chi connectivity index (χ0n) is 13.6. The number of thioether (sulfide) groups is 1. The highest BCUT2D eigenvalue weighted by Gasteiger charge is 2.21. The van der Waals surface area contributed by atoms with Gasteiger partial charge in [0.05, 0.1) is 0 Å². The third-order valence-electron chi connectivity index (χ3n) is 3.04. The van der Waals surface area contributed by atoms with Crippen molar-refractivity contribution in [2.45, 2.75) is 38.1 Å². The summed E-state index contributed by atoms with van der Waals surface area (Å²) in [6.07, 6.45) is 5.47. The molecule has 1 unspecified atom stereocenters. The van der Waals surface area contributed by atoms with E-state index in [-0.39, 0.29) is 18.4 Å². The Morgan fingerprint density at radius 2 is 1.96 bits per heavy atom. The first-order chi connectivity index (χ1) is 11.4. The molecule has 8 nitrogen and oxygen atoms in total. The van der Waals surface area contributed by atoms with E-state index in [9.17, 15) is 14.4 Å². The van der Waals surface area contributed by atoms with E-state index >= 15 is 0 Å². The summed E-state index contributed by atoms with van der Waals surface area (Å²) < 4.78 is 0. The van der Waals surface area contributed by atoms with Gasteiger partial charge in [-0.05, 0) is 31.3 Å². The first kappa shape index (κ1) is 21.8. The number of rotatable bonds is 13. The van der Waals surface area contributed by atoms with Crippen molar-refractivity contribution in [3.63, 3.8) is 0 Å². The van der Waals surface area contributed by atoms with E-state index in [1.807, 2.05) is 6.26 Å². The van der Waals surface area contributed by atoms with E-state index in [1.165, 1.54) is 18.0 Å². The van der Waals surface area contributed by atoms with Gasteiger partial charge in [-0.2, -0.15) is 17.0 Å². The van der Waals surface area contributed by atoms with Crippen LogP contribution in [0.25, 0.3) is 0 Å². The Labute approximate surface area is 145 Å². The van der Waals surface area contributed by atoms with Crippen molar-refractivity contribution in [2.75, 3.05) is 18.6 Å². The number of carboxylic acids is 2. The van der Waals surface area contributed by atoms with Crippen molar-refractivity contribution in [1.82, 2.24) is 10.6 Å². The third-order valence-corrected chi connectivity index (χ3v) is 3.68. The Bertz CT molecular complexity index is 502. The fourth-order valence-corrected chi connectivity index (χ4v) is 2.20. The van der Waals surface area contributed by atoms with Crippen LogP contribution < -0.4 is 10.6 Å². The fourth-order valence-electron chi connectivity index (χ4n) is 1.73. The second kappa shape index (κ2) is 13.2. The van der Waals surface area contributed by atoms with Crippen molar-refractivity contribution in [2.24, 2.45) is 0 Å². The zero-order chi connectivity index (χ0) is 18.4. The minimum Gasteiger partial charge on any atom is -0.481 e. The Morgan fingerprint density at radius 3 is 2.50 bits per heavy atom. The SMILES string of the molecule is CSCCC(NC(=O)/C(C#N)=C\NCCCCCC(=O)O)C(=O)O. The molecule has 4 N–H and O–H groups in total. The second-order valence-corrected chi connectivity index (χ2v) is 5.96. The van der Waals surface area contributed by atoms with Crippen LogP contribution in [0.1, 0.15) is 32.1 Å². The molecular formula is C15H23N3O5S. The molecule has 0 aromatic heterocycles. The molecule has 0 saturated heterocycles. The van der Waals surface area contributed by atoms with E-state index < -0.39 is 23.9 Å². The summed E-state index contributed by atoms with van der Waals surface area (Å²) >= 11 is 1.47. The summed E-state index contributed by atoms with van der Waals surface area (Å²) in [6.45, 7) is 0.493. The summed E-state index contributed by atoms with van der Waals surface area (Å²) in [5.74, 6) is -2.12. The average Bonchev–Trinajstić information content (AvgIpc) is 2.53. The maximum atomic E-state index is 11.9. The molecule has 0 aromatic rings. The van der Waals surface area contributed by atoms with E-state index in [0.29, 0.717) is 25.1 Å². The molecule has 0 aromatic carbocycles. The summed E-state index contributed by atoms with van der Waals surface area (Å²) in [5.41, 5.74) is -0.198. The first-order valence-corrected chi connectivity index (χ1v) is 8.89. The predicted octanol–water partition coefficient (Wildman–Crippen LogP) is 0.951. The van der Waals surface area contributed by atoms with Gasteiger partial charge in [-0.3, -0.25) is 9.59 Å². The smallest absolute Gasteiger partial charge is 0.326 e. The van der Waals surface area contributed by atoms with Crippen molar-refractivity contribution >= 4 is 29.6 Å². The van der Waals surface area contributed by atoms with Crippen LogP contribution in [0.2, 0.25) is 0 Å². The van der Waals surface area contributed by atoms with Crippen LogP contribution in [-0.4, -0.2) is 52.7 Å². The largest absolute Gasteiger partial charge is 0.481 e. The number of carboxylic acid groups (broad SMARTS) is 2. The highest BCUT2D eigenvalue weighted by atomic mass is 32.2. The van der Waals surface area contributed by atoms with Gasteiger partial charge in [0.15, 0.2) is 0 Å². The van der Waals surface area contributed by atoms with Crippen LogP contribution in [-0.2, 0) is 14.4 Å². The third kappa shape index (κ3) is 10.5. The lowest BCUT2D eigenvalue weighted by Crippen LogP contribution is -2.41. The fraction of sp³-hybridized carbons (Fsp3) is 0.600. The van der Waals surface area contributed by atoms with E-state index in [2.05, 4.69) is 10.6 Å². The lowest BCUT2D eigenvalue weighted by molar-refractivity contribution is -0.141. The molecule has 0 fully saturated rings. The molecule has 1 atom stereocenters. The number of hydrogen-bond acceptors (Lipinski definition) is 6. The van der Waals surface area contributed by atoms with Gasteiger partial charge >= 0.3 is 11.9 Å². The Balaban J connectivity index is 4.29. The van der Waals surface area contributed by atoms with Gasteiger partial charge in [-0.1, -0.05) is 6.42 Å². The number of nitriles is 1. The van der Waals surface area contributed by atoms with Gasteiger partial charge in [0.2, 0.25) is 0 Å². The Morgan fingerprint density at radius 1 is 1.25 bits per heavy atom. The first-order valence-electron chi connectivity index (χ1n) is 7.50. The molecular weight excluding hydrogens is 334 g/mol. The number of carbonyl (C=O) groups is 3. The van der Waals surface area contributed by atoms with Crippen molar-refractivity contribution in [3.8, 4) is 6.07 Å². The molecule has 0 rings (SSSR count). The molecule has 0 radical (unpaired) electrons. The monoisotopic (exact) mass is 357 g/mol. The minimum absolute atomic E-state index is 0.119. The molecule has 0 aliphatic rings. The van der Waals surface area contributed by atoms with E-state index in [0.717, 1.165) is 6.42 Å². The molecule has 0 heterocycles. The maximum Gasteiger partial charge on any atom is 0.326 e. The summed E-state index contributed by atoms with van der Waals surface area (Å²) in [5, 5.41) is 31.7. The molecule has 0 bridgehead atoms. The Kier molecular flexibility index (Phi) is 12.0. The van der Waals surface area contributed by atoms with Gasteiger partial charge in [0.1, 0.15) is 17.7 Å². The molecule has 0 aliphatic carbocycles. The molecule has 0 saturated carbocycles. The number of carbonyl (C=O) groups excluding carboxylic acids is 1. The average molecular weight is 357 g/mol. The van der Waals surface area contributed by atoms with Crippen LogP contribution in [0.3, 0.4) is 0 Å². The lowest BCUT2D eigenvalue weighted by atomic mass is 10.2. The Hall–Kier alpha value is -2.21. The quantitative estimate of drug-likeness (QED) is 0.217. The van der Waals surface area contributed by atoms with Gasteiger partial charge in [-0.25, -0.2) is 4.79 Å². The molecule has 134 valence electrons. The number of amides is 1. The van der Waals surface area contributed by atoms with Crippen molar-refractivity contribution in [1.29, 1.82) is 5.26 Å². The van der Waals surface area contributed by atoms with Gasteiger partial charge < -0.3 is 20.8 Å². The van der Waals surface area contributed by atoms with Crippen LogP contribution in [0.4, 0.5) is 0 Å². The summed E-state index contributed by atoms with van der Waals surface area (Å²) in [4.78, 5) is 33.3. The van der Waals surface area contributed by atoms with Crippen LogP contribution in [0, 0.1) is 11.3 Å². The summed E-state index contributed by atoms with van der Waals surface area (Å²) in [7, 11) is 0. The second-order valence-electron chi connectivity index (χ2n) is 4.97. The number of nitrogens with zero attached hydrogens (tertiary/aromatic N) is 1. The molecule has 0 spiro atoms. The van der Waals surface area contributed by atoms with Gasteiger partial charge in [0.25, 0.3) is 5.91 Å². The predicted molar refractivity (Wildman–Crippen MR) is 90.4 cm³/mol. The van der Waals surface area contributed by atoms with Gasteiger partial charge in [-0.15, -0.1) is 0 Å². The normalized spacial score (nSPS) is 12.1. The lowest BCUT2D eigenvalue weighted by Gasteiger charge is -2.13. The molecule has 9 heteroatoms. The highest BCUT2D eigenvalue weighted by molar-refractivity contribution is 7.98. The van der Waals surface area contributed by atoms with Crippen LogP contribution in [0.5, 0.6) is 0 Å². The van der Waals surface area contributed by atoms with E-state index in [1.54, 1.807) is 6.07 Å². The summed E-state index contributed by atoms with van der Waals surface area (Å²) in [6, 6.07) is 0.700. The topological polar surface area (TPSA) is 140 Å². The standard InChI is InChI=1S/C15H23N3O5S/c1-24-8-6-12(15(22)23)18-14(21)11(9-16)10-17-7-4-2-3-5-13(19)20/h10,12,17H,2-8H2,1H3,(H,18,21)(H,19,20)(H,22,23)/b11-10-. The molecule has 1 amide bonds. The van der Waals surface area contributed by atoms with Crippen molar-refractivity contribution < 1.29 is 24.6 Å².